The molecule has 0 spiro atoms. The third kappa shape index (κ3) is 9.17. The van der Waals surface area contributed by atoms with E-state index in [1.807, 2.05) is 6.20 Å². The molecule has 2 aromatic heterocycles. The van der Waals surface area contributed by atoms with Crippen molar-refractivity contribution in [3.63, 3.8) is 0 Å². The smallest absolute Gasteiger partial charge is 0.0709 e. The lowest BCUT2D eigenvalue weighted by molar-refractivity contribution is 1.22. The molecule has 0 aliphatic heterocycles. The van der Waals surface area contributed by atoms with E-state index in [0.29, 0.717) is 0 Å². The fraction of sp³-hybridized carbons (Fsp3) is 0.0645. The van der Waals surface area contributed by atoms with Crippen molar-refractivity contribution in [2.24, 2.45) is 0 Å². The first-order valence-corrected chi connectivity index (χ1v) is 22.5. The molecule has 0 aliphatic rings. The molecule has 0 atom stereocenters. The number of aryl methyl sites for hydroxylation is 4. The monoisotopic (exact) mass is 850 g/mol. The van der Waals surface area contributed by atoms with Gasteiger partial charge >= 0.3 is 0 Å². The molecule has 10 rings (SSSR count). The molecular weight excluding hydrogens is 801 g/mol. The van der Waals surface area contributed by atoms with E-state index in [0.717, 1.165) is 89.8 Å². The lowest BCUT2D eigenvalue weighted by Crippen LogP contribution is -2.10. The van der Waals surface area contributed by atoms with E-state index in [1.54, 1.807) is 0 Å². The minimum atomic E-state index is 0.933. The van der Waals surface area contributed by atoms with Crippen LogP contribution in [0.2, 0.25) is 0 Å². The molecule has 66 heavy (non-hydrogen) atoms. The highest BCUT2D eigenvalue weighted by Crippen LogP contribution is 2.37. The van der Waals surface area contributed by atoms with Gasteiger partial charge < -0.3 is 9.80 Å². The number of nitrogens with zero attached hydrogens (tertiary/aromatic N) is 4. The lowest BCUT2D eigenvalue weighted by Gasteiger charge is -2.25. The Morgan fingerprint density at radius 1 is 0.318 bits per heavy atom. The van der Waals surface area contributed by atoms with Gasteiger partial charge in [0.05, 0.1) is 28.8 Å². The van der Waals surface area contributed by atoms with E-state index in [4.69, 9.17) is 9.97 Å². The molecule has 0 bridgehead atoms. The SMILES string of the molecule is Cc1ccc(N(c2ccc(C)cc2)c2ccc(C=Cc3ccc(-c4ccc5cc(-c6ccc(-c7ccc(N(c8ccc(C)cc8)c8ccc(C)cc8)cn7)cc6)ccc5n4)cc3)cc2)cc1. The van der Waals surface area contributed by atoms with Gasteiger partial charge in [0, 0.05) is 45.0 Å². The average molecular weight is 851 g/mol. The van der Waals surface area contributed by atoms with Gasteiger partial charge in [0.1, 0.15) is 0 Å². The van der Waals surface area contributed by atoms with Crippen molar-refractivity contribution in [3.05, 3.63) is 252 Å². The van der Waals surface area contributed by atoms with Gasteiger partial charge in [0.25, 0.3) is 0 Å². The second-order valence-electron chi connectivity index (χ2n) is 17.1. The minimum absolute atomic E-state index is 0.933. The second-order valence-corrected chi connectivity index (χ2v) is 17.1. The van der Waals surface area contributed by atoms with Crippen LogP contribution in [0, 0.1) is 27.7 Å². The van der Waals surface area contributed by atoms with Crippen molar-refractivity contribution in [2.45, 2.75) is 27.7 Å². The zero-order valence-corrected chi connectivity index (χ0v) is 37.7. The molecule has 2 heterocycles. The molecule has 0 fully saturated rings. The number of anilines is 6. The van der Waals surface area contributed by atoms with Crippen LogP contribution in [-0.4, -0.2) is 9.97 Å². The zero-order valence-electron chi connectivity index (χ0n) is 37.7. The molecule has 0 saturated heterocycles. The molecule has 4 heteroatoms. The maximum absolute atomic E-state index is 5.06. The fourth-order valence-electron chi connectivity index (χ4n) is 8.35. The van der Waals surface area contributed by atoms with E-state index in [-0.39, 0.29) is 0 Å². The van der Waals surface area contributed by atoms with Crippen LogP contribution in [0.1, 0.15) is 33.4 Å². The van der Waals surface area contributed by atoms with Crippen LogP contribution in [0.5, 0.6) is 0 Å². The van der Waals surface area contributed by atoms with Crippen molar-refractivity contribution in [2.75, 3.05) is 9.80 Å². The van der Waals surface area contributed by atoms with Crippen LogP contribution in [0.15, 0.2) is 219 Å². The number of rotatable bonds is 11. The number of pyridine rings is 2. The summed E-state index contributed by atoms with van der Waals surface area (Å²) in [4.78, 5) is 14.5. The van der Waals surface area contributed by atoms with Crippen molar-refractivity contribution < 1.29 is 0 Å². The Kier molecular flexibility index (Phi) is 11.6. The topological polar surface area (TPSA) is 32.3 Å². The van der Waals surface area contributed by atoms with Gasteiger partial charge in [-0.2, -0.15) is 0 Å². The molecule has 8 aromatic carbocycles. The normalized spacial score (nSPS) is 11.3. The molecule has 318 valence electrons. The summed E-state index contributed by atoms with van der Waals surface area (Å²) in [6, 6.07) is 75.7. The van der Waals surface area contributed by atoms with Gasteiger partial charge in [0.15, 0.2) is 0 Å². The molecule has 0 unspecified atom stereocenters. The Bertz CT molecular complexity index is 3170. The number of hydrogen-bond acceptors (Lipinski definition) is 4. The maximum atomic E-state index is 5.06. The summed E-state index contributed by atoms with van der Waals surface area (Å²) < 4.78 is 0. The standard InChI is InChI=1S/C62H50N4/c1-43-5-27-54(28-6-43)65(55-29-7-44(2)8-30-55)58-35-17-48(18-36-58)14-13-47-15-19-51(20-16-47)61-39-26-53-41-52(25-38-62(53)64-61)49-21-23-50(24-22-49)60-40-37-59(42-63-60)66(56-31-9-45(3)10-32-56)57-33-11-46(4)12-34-57/h5-42H,1-4H3. The summed E-state index contributed by atoms with van der Waals surface area (Å²) in [5.74, 6) is 0. The van der Waals surface area contributed by atoms with E-state index in [2.05, 4.69) is 262 Å². The van der Waals surface area contributed by atoms with Crippen LogP contribution in [0.3, 0.4) is 0 Å². The quantitative estimate of drug-likeness (QED) is 0.121. The molecule has 0 saturated carbocycles. The van der Waals surface area contributed by atoms with Gasteiger partial charge in [0.2, 0.25) is 0 Å². The van der Waals surface area contributed by atoms with Crippen LogP contribution in [-0.2, 0) is 0 Å². The van der Waals surface area contributed by atoms with Gasteiger partial charge in [-0.3, -0.25) is 4.98 Å². The summed E-state index contributed by atoms with van der Waals surface area (Å²) in [7, 11) is 0. The van der Waals surface area contributed by atoms with Crippen LogP contribution >= 0.6 is 0 Å². The highest BCUT2D eigenvalue weighted by atomic mass is 15.1. The van der Waals surface area contributed by atoms with Gasteiger partial charge in [-0.05, 0) is 141 Å². The molecule has 0 aliphatic carbocycles. The first kappa shape index (κ1) is 41.7. The largest absolute Gasteiger partial charge is 0.311 e. The van der Waals surface area contributed by atoms with E-state index >= 15 is 0 Å². The molecule has 0 radical (unpaired) electrons. The predicted molar refractivity (Wildman–Crippen MR) is 280 cm³/mol. The number of fused-ring (bicyclic) bond motifs is 1. The minimum Gasteiger partial charge on any atom is -0.311 e. The Balaban J connectivity index is 0.804. The summed E-state index contributed by atoms with van der Waals surface area (Å²) >= 11 is 0. The Morgan fingerprint density at radius 2 is 0.682 bits per heavy atom. The third-order valence-corrected chi connectivity index (χ3v) is 12.2. The van der Waals surface area contributed by atoms with Crippen LogP contribution in [0.4, 0.5) is 34.1 Å². The van der Waals surface area contributed by atoms with Gasteiger partial charge in [-0.25, -0.2) is 4.98 Å². The third-order valence-electron chi connectivity index (χ3n) is 12.2. The van der Waals surface area contributed by atoms with Gasteiger partial charge in [-0.1, -0.05) is 156 Å². The fourth-order valence-corrected chi connectivity index (χ4v) is 8.35. The number of aromatic nitrogens is 2. The second kappa shape index (κ2) is 18.4. The van der Waals surface area contributed by atoms with E-state index in [9.17, 15) is 0 Å². The number of benzene rings is 8. The Hall–Kier alpha value is -8.34. The summed E-state index contributed by atoms with van der Waals surface area (Å²) in [5.41, 5.74) is 21.2. The van der Waals surface area contributed by atoms with E-state index in [1.165, 1.54) is 22.3 Å². The lowest BCUT2D eigenvalue weighted by atomic mass is 10.0. The van der Waals surface area contributed by atoms with Crippen molar-refractivity contribution in [1.82, 2.24) is 9.97 Å². The highest BCUT2D eigenvalue weighted by Gasteiger charge is 2.15. The predicted octanol–water partition coefficient (Wildman–Crippen LogP) is 17.0. The Labute approximate surface area is 388 Å². The van der Waals surface area contributed by atoms with Crippen molar-refractivity contribution in [3.8, 4) is 33.6 Å². The zero-order chi connectivity index (χ0) is 45.0. The van der Waals surface area contributed by atoms with Crippen LogP contribution < -0.4 is 9.80 Å². The van der Waals surface area contributed by atoms with Crippen molar-refractivity contribution >= 4 is 57.2 Å². The molecule has 0 amide bonds. The molecule has 10 aromatic rings. The molecular formula is C62H50N4. The number of hydrogen-bond donors (Lipinski definition) is 0. The van der Waals surface area contributed by atoms with E-state index < -0.39 is 0 Å². The first-order valence-electron chi connectivity index (χ1n) is 22.5. The summed E-state index contributed by atoms with van der Waals surface area (Å²) in [6.07, 6.45) is 6.30. The summed E-state index contributed by atoms with van der Waals surface area (Å²) in [5, 5.41) is 1.11. The molecule has 4 nitrogen and oxygen atoms in total. The van der Waals surface area contributed by atoms with Gasteiger partial charge in [-0.15, -0.1) is 0 Å². The highest BCUT2D eigenvalue weighted by molar-refractivity contribution is 5.87. The van der Waals surface area contributed by atoms with Crippen molar-refractivity contribution in [1.29, 1.82) is 0 Å². The summed E-state index contributed by atoms with van der Waals surface area (Å²) in [6.45, 7) is 8.47. The maximum Gasteiger partial charge on any atom is 0.0709 e. The van der Waals surface area contributed by atoms with Crippen LogP contribution in [0.25, 0.3) is 56.7 Å². The molecule has 0 N–H and O–H groups in total. The average Bonchev–Trinajstić information content (AvgIpc) is 3.36. The Morgan fingerprint density at radius 3 is 1.15 bits per heavy atom. The first-order chi connectivity index (χ1) is 32.3.